The van der Waals surface area contributed by atoms with Gasteiger partial charge in [0.25, 0.3) is 0 Å². The van der Waals surface area contributed by atoms with Gasteiger partial charge >= 0.3 is 51.4 Å². The molecule has 5 heavy (non-hydrogen) atoms. The molecule has 26 valence electrons. The zero-order valence-corrected chi connectivity index (χ0v) is 7.46. The molecule has 0 aromatic rings. The first-order chi connectivity index (χ1) is 1.91. The summed E-state index contributed by atoms with van der Waals surface area (Å²) >= 11 is 3.80. The number of rotatable bonds is 1. The first kappa shape index (κ1) is 9.87. The van der Waals surface area contributed by atoms with E-state index < -0.39 is 0 Å². The fourth-order valence-corrected chi connectivity index (χ4v) is 0. The Morgan fingerprint density at radius 3 is 2.20 bits per heavy atom. The van der Waals surface area contributed by atoms with Crippen molar-refractivity contribution < 1.29 is 52.8 Å². The molecule has 0 fully saturated rings. The monoisotopic (exact) mass is 114 g/mol. The maximum absolute atomic E-state index is 3.80. The quantitative estimate of drug-likeness (QED) is 0.232. The van der Waals surface area contributed by atoms with Crippen molar-refractivity contribution in [1.82, 2.24) is 0 Å². The van der Waals surface area contributed by atoms with Crippen LogP contribution >= 0.6 is 12.6 Å². The largest absolute Gasteiger partial charge is 1.00 e. The summed E-state index contributed by atoms with van der Waals surface area (Å²) in [6, 6.07) is 0. The zero-order valence-electron chi connectivity index (χ0n) is 4.44. The topological polar surface area (TPSA) is 0 Å². The van der Waals surface area contributed by atoms with Crippen molar-refractivity contribution in [3.8, 4) is 0 Å². The normalized spacial score (nSPS) is 5.00. The van der Waals surface area contributed by atoms with Crippen LogP contribution in [0.5, 0.6) is 0 Å². The Labute approximate surface area is 82.3 Å². The van der Waals surface area contributed by atoms with Gasteiger partial charge in [0.2, 0.25) is 0 Å². The standard InChI is InChI=1S/C3H6S.K.H/c1-2-3-4;;/h2,4H,1,3H2;;/q;+1;-1. The van der Waals surface area contributed by atoms with Crippen LogP contribution in [0.3, 0.4) is 0 Å². The van der Waals surface area contributed by atoms with Crippen LogP contribution in [0.1, 0.15) is 1.43 Å². The van der Waals surface area contributed by atoms with Crippen LogP contribution in [0.2, 0.25) is 0 Å². The summed E-state index contributed by atoms with van der Waals surface area (Å²) < 4.78 is 0. The predicted octanol–water partition coefficient (Wildman–Crippen LogP) is -1.78. The maximum Gasteiger partial charge on any atom is 1.00 e. The smallest absolute Gasteiger partial charge is 1.00 e. The Morgan fingerprint density at radius 1 is 2.00 bits per heavy atom. The molecule has 0 aliphatic carbocycles. The molecule has 0 saturated carbocycles. The number of hydrogen-bond donors (Lipinski definition) is 1. The summed E-state index contributed by atoms with van der Waals surface area (Å²) in [7, 11) is 0. The van der Waals surface area contributed by atoms with E-state index in [9.17, 15) is 0 Å². The molecule has 0 aromatic carbocycles. The van der Waals surface area contributed by atoms with Crippen LogP contribution in [-0.4, -0.2) is 5.75 Å². The van der Waals surface area contributed by atoms with Crippen LogP contribution in [-0.2, 0) is 0 Å². The van der Waals surface area contributed by atoms with Gasteiger partial charge in [-0.05, 0) is 0 Å². The van der Waals surface area contributed by atoms with E-state index in [0.717, 1.165) is 5.75 Å². The third-order valence-corrected chi connectivity index (χ3v) is 0.387. The third-order valence-electron chi connectivity index (χ3n) is 0.129. The van der Waals surface area contributed by atoms with E-state index in [4.69, 9.17) is 0 Å². The molecule has 0 saturated heterocycles. The minimum atomic E-state index is 0. The van der Waals surface area contributed by atoms with E-state index in [0.29, 0.717) is 0 Å². The molecule has 0 N–H and O–H groups in total. The summed E-state index contributed by atoms with van der Waals surface area (Å²) in [6.45, 7) is 3.40. The first-order valence-electron chi connectivity index (χ1n) is 1.13. The Morgan fingerprint density at radius 2 is 2.20 bits per heavy atom. The Bertz CT molecular complexity index is 24.8. The van der Waals surface area contributed by atoms with E-state index in [1.807, 2.05) is 0 Å². The molecule has 0 aliphatic rings. The minimum absolute atomic E-state index is 0. The van der Waals surface area contributed by atoms with Gasteiger partial charge in [0.1, 0.15) is 0 Å². The summed E-state index contributed by atoms with van der Waals surface area (Å²) in [5.41, 5.74) is 0. The fraction of sp³-hybridized carbons (Fsp3) is 0.333. The van der Waals surface area contributed by atoms with Crippen molar-refractivity contribution in [3.05, 3.63) is 12.7 Å². The second-order valence-corrected chi connectivity index (χ2v) is 0.836. The molecule has 0 spiro atoms. The van der Waals surface area contributed by atoms with Crippen molar-refractivity contribution in [2.45, 2.75) is 0 Å². The summed E-state index contributed by atoms with van der Waals surface area (Å²) in [5, 5.41) is 0. The van der Waals surface area contributed by atoms with E-state index >= 15 is 0 Å². The Hall–Kier alpha value is 1.73. The zero-order chi connectivity index (χ0) is 3.41. The van der Waals surface area contributed by atoms with Crippen LogP contribution in [0, 0.1) is 0 Å². The van der Waals surface area contributed by atoms with Crippen molar-refractivity contribution in [1.29, 1.82) is 0 Å². The molecule has 0 heterocycles. The first-order valence-corrected chi connectivity index (χ1v) is 1.77. The Kier molecular flexibility index (Phi) is 18.2. The average molecular weight is 114 g/mol. The predicted molar refractivity (Wildman–Crippen MR) is 25.2 cm³/mol. The van der Waals surface area contributed by atoms with Gasteiger partial charge in [0.15, 0.2) is 0 Å². The average Bonchev–Trinajstić information content (AvgIpc) is 1.37. The third kappa shape index (κ3) is 10.7. The summed E-state index contributed by atoms with van der Waals surface area (Å²) in [6.07, 6.45) is 1.74. The molecular weight excluding hydrogens is 107 g/mol. The second-order valence-electron chi connectivity index (χ2n) is 0.471. The van der Waals surface area contributed by atoms with Gasteiger partial charge < -0.3 is 1.43 Å². The number of hydrogen-bond acceptors (Lipinski definition) is 1. The second kappa shape index (κ2) is 9.21. The van der Waals surface area contributed by atoms with E-state index in [2.05, 4.69) is 19.2 Å². The van der Waals surface area contributed by atoms with E-state index in [1.54, 1.807) is 6.08 Å². The molecule has 0 bridgehead atoms. The van der Waals surface area contributed by atoms with Gasteiger partial charge in [0, 0.05) is 5.75 Å². The minimum Gasteiger partial charge on any atom is -1.00 e. The van der Waals surface area contributed by atoms with E-state index in [1.165, 1.54) is 0 Å². The van der Waals surface area contributed by atoms with Crippen LogP contribution in [0.4, 0.5) is 0 Å². The molecule has 0 aromatic heterocycles. The SMILES string of the molecule is C=CCS.[H-].[K+]. The van der Waals surface area contributed by atoms with Crippen molar-refractivity contribution >= 4 is 12.6 Å². The Balaban J connectivity index is -0.0000000450. The van der Waals surface area contributed by atoms with Crippen molar-refractivity contribution in [2.75, 3.05) is 5.75 Å². The molecule has 0 atom stereocenters. The molecule has 0 radical (unpaired) electrons. The molecule has 2 heteroatoms. The van der Waals surface area contributed by atoms with Crippen molar-refractivity contribution in [2.24, 2.45) is 0 Å². The fourth-order valence-electron chi connectivity index (χ4n) is 0. The summed E-state index contributed by atoms with van der Waals surface area (Å²) in [5.74, 6) is 0.778. The number of thiol groups is 1. The van der Waals surface area contributed by atoms with Gasteiger partial charge in [-0.1, -0.05) is 6.08 Å². The molecule has 0 nitrogen and oxygen atoms in total. The van der Waals surface area contributed by atoms with Crippen LogP contribution in [0.15, 0.2) is 12.7 Å². The van der Waals surface area contributed by atoms with Gasteiger partial charge in [-0.3, -0.25) is 0 Å². The van der Waals surface area contributed by atoms with Gasteiger partial charge in [-0.15, -0.1) is 6.58 Å². The molecular formula is C3H7KS. The van der Waals surface area contributed by atoms with Crippen LogP contribution in [0.25, 0.3) is 0 Å². The summed E-state index contributed by atoms with van der Waals surface area (Å²) in [4.78, 5) is 0. The van der Waals surface area contributed by atoms with Gasteiger partial charge in [0.05, 0.1) is 0 Å². The van der Waals surface area contributed by atoms with Crippen molar-refractivity contribution in [3.63, 3.8) is 0 Å². The van der Waals surface area contributed by atoms with Gasteiger partial charge in [-0.25, -0.2) is 0 Å². The van der Waals surface area contributed by atoms with Crippen LogP contribution < -0.4 is 51.4 Å². The maximum atomic E-state index is 3.80. The van der Waals surface area contributed by atoms with E-state index in [-0.39, 0.29) is 52.8 Å². The molecule has 0 unspecified atom stereocenters. The molecule has 0 rings (SSSR count). The molecule has 0 amide bonds. The van der Waals surface area contributed by atoms with Gasteiger partial charge in [-0.2, -0.15) is 12.6 Å². The molecule has 0 aliphatic heterocycles.